The highest BCUT2D eigenvalue weighted by Gasteiger charge is 2.30. The molecule has 42 heavy (non-hydrogen) atoms. The summed E-state index contributed by atoms with van der Waals surface area (Å²) in [6, 6.07) is 13.2. The average molecular weight is 582 g/mol. The molecule has 0 amide bonds. The molecule has 4 heterocycles. The lowest BCUT2D eigenvalue weighted by molar-refractivity contribution is 0.0828. The minimum absolute atomic E-state index is 0.405. The number of benzene rings is 2. The van der Waals surface area contributed by atoms with Crippen molar-refractivity contribution >= 4 is 51.0 Å². The van der Waals surface area contributed by atoms with Gasteiger partial charge in [0, 0.05) is 72.3 Å². The van der Waals surface area contributed by atoms with Crippen molar-refractivity contribution in [2.75, 3.05) is 44.3 Å². The number of aryl methyl sites for hydroxylation is 1. The highest BCUT2D eigenvalue weighted by Crippen LogP contribution is 2.39. The second kappa shape index (κ2) is 11.1. The summed E-state index contributed by atoms with van der Waals surface area (Å²) in [6.07, 6.45) is 10.3. The summed E-state index contributed by atoms with van der Waals surface area (Å²) in [4.78, 5) is 23.3. The van der Waals surface area contributed by atoms with Crippen molar-refractivity contribution < 1.29 is 0 Å². The Kier molecular flexibility index (Phi) is 7.17. The van der Waals surface area contributed by atoms with E-state index in [0.717, 1.165) is 57.2 Å². The normalized spacial score (nSPS) is 20.4. The molecule has 216 valence electrons. The van der Waals surface area contributed by atoms with Gasteiger partial charge in [-0.1, -0.05) is 23.7 Å². The summed E-state index contributed by atoms with van der Waals surface area (Å²) in [5, 5.41) is 5.90. The summed E-state index contributed by atoms with van der Waals surface area (Å²) in [6.45, 7) is 6.67. The van der Waals surface area contributed by atoms with Gasteiger partial charge in [-0.2, -0.15) is 0 Å². The van der Waals surface area contributed by atoms with Gasteiger partial charge in [-0.05, 0) is 75.0 Å². The van der Waals surface area contributed by atoms with Gasteiger partial charge in [-0.25, -0.2) is 19.9 Å². The van der Waals surface area contributed by atoms with Crippen LogP contribution in [-0.4, -0.2) is 73.6 Å². The van der Waals surface area contributed by atoms with Crippen LogP contribution in [0.1, 0.15) is 37.3 Å². The fraction of sp³-hybridized carbons (Fsp3) is 0.375. The first kappa shape index (κ1) is 27.1. The second-order valence-electron chi connectivity index (χ2n) is 11.8. The van der Waals surface area contributed by atoms with Gasteiger partial charge < -0.3 is 20.5 Å². The fourth-order valence-electron chi connectivity index (χ4n) is 6.58. The van der Waals surface area contributed by atoms with Gasteiger partial charge in [0.2, 0.25) is 5.95 Å². The maximum Gasteiger partial charge on any atom is 0.227 e. The van der Waals surface area contributed by atoms with Crippen LogP contribution in [0, 0.1) is 6.92 Å². The van der Waals surface area contributed by atoms with Crippen LogP contribution in [0.15, 0.2) is 55.1 Å². The third-order valence-electron chi connectivity index (χ3n) is 9.06. The number of aromatic nitrogens is 5. The molecule has 1 aliphatic heterocycles. The summed E-state index contributed by atoms with van der Waals surface area (Å²) in [5.41, 5.74) is 12.2. The van der Waals surface area contributed by atoms with Crippen LogP contribution in [0.2, 0.25) is 5.02 Å². The number of nitrogens with two attached hydrogens (primary N) is 1. The van der Waals surface area contributed by atoms with E-state index in [1.165, 1.54) is 39.0 Å². The first-order chi connectivity index (χ1) is 20.4. The Balaban J connectivity index is 1.12. The SMILES string of the molecule is Cc1cc2cnc(Nc3ccc(-c4cn([C@H]5CC[C@H](N6CCN(C)CC6)CC5)c5ncnc(N)c45)cc3)nc2cc1Cl. The molecule has 1 saturated heterocycles. The molecular formula is C32H36ClN9. The number of nitrogens with one attached hydrogen (secondary N) is 1. The number of nitrogens with zero attached hydrogens (tertiary/aromatic N) is 7. The molecule has 2 aromatic carbocycles. The lowest BCUT2D eigenvalue weighted by atomic mass is 9.89. The molecule has 3 aromatic heterocycles. The Hall–Kier alpha value is -3.79. The first-order valence-electron chi connectivity index (χ1n) is 14.8. The molecule has 2 aliphatic rings. The number of nitrogen functional groups attached to an aromatic ring is 1. The van der Waals surface area contributed by atoms with E-state index in [0.29, 0.717) is 28.9 Å². The van der Waals surface area contributed by atoms with Crippen LogP contribution in [-0.2, 0) is 0 Å². The number of anilines is 3. The molecule has 0 spiro atoms. The van der Waals surface area contributed by atoms with E-state index >= 15 is 0 Å². The Bertz CT molecular complexity index is 1730. The largest absolute Gasteiger partial charge is 0.383 e. The molecule has 0 unspecified atom stereocenters. The van der Waals surface area contributed by atoms with E-state index < -0.39 is 0 Å². The zero-order valence-corrected chi connectivity index (χ0v) is 24.8. The quantitative estimate of drug-likeness (QED) is 0.258. The van der Waals surface area contributed by atoms with Gasteiger partial charge >= 0.3 is 0 Å². The number of hydrogen-bond acceptors (Lipinski definition) is 8. The summed E-state index contributed by atoms with van der Waals surface area (Å²) < 4.78 is 2.35. The van der Waals surface area contributed by atoms with Gasteiger partial charge in [0.15, 0.2) is 0 Å². The van der Waals surface area contributed by atoms with Crippen molar-refractivity contribution in [3.05, 3.63) is 65.7 Å². The third kappa shape index (κ3) is 5.17. The Morgan fingerprint density at radius 1 is 0.929 bits per heavy atom. The summed E-state index contributed by atoms with van der Waals surface area (Å²) in [7, 11) is 2.22. The van der Waals surface area contributed by atoms with Gasteiger partial charge in [0.05, 0.1) is 10.9 Å². The van der Waals surface area contributed by atoms with Gasteiger partial charge in [0.25, 0.3) is 0 Å². The zero-order chi connectivity index (χ0) is 28.8. The Morgan fingerprint density at radius 3 is 2.43 bits per heavy atom. The van der Waals surface area contributed by atoms with Crippen LogP contribution < -0.4 is 11.1 Å². The number of hydrogen-bond donors (Lipinski definition) is 2. The van der Waals surface area contributed by atoms with Crippen LogP contribution >= 0.6 is 11.6 Å². The molecule has 10 heteroatoms. The van der Waals surface area contributed by atoms with Gasteiger partial charge in [0.1, 0.15) is 17.8 Å². The molecular weight excluding hydrogens is 546 g/mol. The molecule has 1 saturated carbocycles. The summed E-state index contributed by atoms with van der Waals surface area (Å²) >= 11 is 6.32. The van der Waals surface area contributed by atoms with Crippen molar-refractivity contribution in [1.82, 2.24) is 34.3 Å². The van der Waals surface area contributed by atoms with E-state index in [4.69, 9.17) is 22.3 Å². The van der Waals surface area contributed by atoms with Crippen molar-refractivity contribution in [3.8, 4) is 11.1 Å². The molecule has 0 bridgehead atoms. The number of fused-ring (bicyclic) bond motifs is 2. The van der Waals surface area contributed by atoms with Crippen LogP contribution in [0.25, 0.3) is 33.1 Å². The van der Waals surface area contributed by atoms with Gasteiger partial charge in [-0.3, -0.25) is 4.90 Å². The van der Waals surface area contributed by atoms with Crippen molar-refractivity contribution in [1.29, 1.82) is 0 Å². The van der Waals surface area contributed by atoms with Crippen LogP contribution in [0.5, 0.6) is 0 Å². The molecule has 0 radical (unpaired) electrons. The molecule has 5 aromatic rings. The summed E-state index contributed by atoms with van der Waals surface area (Å²) in [5.74, 6) is 1.04. The predicted molar refractivity (Wildman–Crippen MR) is 170 cm³/mol. The lowest BCUT2D eigenvalue weighted by Crippen LogP contribution is -2.49. The van der Waals surface area contributed by atoms with Crippen LogP contribution in [0.3, 0.4) is 0 Å². The van der Waals surface area contributed by atoms with E-state index in [-0.39, 0.29) is 0 Å². The first-order valence-corrected chi connectivity index (χ1v) is 15.1. The molecule has 0 atom stereocenters. The average Bonchev–Trinajstić information content (AvgIpc) is 3.40. The van der Waals surface area contributed by atoms with E-state index in [1.807, 2.05) is 37.4 Å². The number of likely N-dealkylation sites (N-methyl/N-ethyl adjacent to an activating group) is 1. The Labute approximate surface area is 250 Å². The number of rotatable bonds is 5. The minimum atomic E-state index is 0.405. The van der Waals surface area contributed by atoms with Crippen molar-refractivity contribution in [2.24, 2.45) is 0 Å². The molecule has 3 N–H and O–H groups in total. The van der Waals surface area contributed by atoms with Gasteiger partial charge in [-0.15, -0.1) is 0 Å². The number of halogens is 1. The third-order valence-corrected chi connectivity index (χ3v) is 9.47. The van der Waals surface area contributed by atoms with Crippen LogP contribution in [0.4, 0.5) is 17.5 Å². The smallest absolute Gasteiger partial charge is 0.227 e. The lowest BCUT2D eigenvalue weighted by Gasteiger charge is -2.41. The molecule has 2 fully saturated rings. The molecule has 9 nitrogen and oxygen atoms in total. The van der Waals surface area contributed by atoms with Crippen molar-refractivity contribution in [2.45, 2.75) is 44.7 Å². The zero-order valence-electron chi connectivity index (χ0n) is 24.1. The van der Waals surface area contributed by atoms with E-state index in [9.17, 15) is 0 Å². The molecule has 7 rings (SSSR count). The maximum absolute atomic E-state index is 6.45. The monoisotopic (exact) mass is 581 g/mol. The topological polar surface area (TPSA) is 101 Å². The van der Waals surface area contributed by atoms with E-state index in [2.05, 4.69) is 60.0 Å². The second-order valence-corrected chi connectivity index (χ2v) is 12.2. The highest BCUT2D eigenvalue weighted by molar-refractivity contribution is 6.32. The predicted octanol–water partition coefficient (Wildman–Crippen LogP) is 6.06. The maximum atomic E-state index is 6.45. The number of piperazine rings is 1. The fourth-order valence-corrected chi connectivity index (χ4v) is 6.74. The standard InChI is InChI=1S/C32H36ClN9/c1-20-15-22-17-35-32(39-28(22)16-27(20)33)38-23-5-3-21(4-6-23)26-18-42(31-29(26)30(34)36-19-37-31)25-9-7-24(8-10-25)41-13-11-40(2)12-14-41/h3-6,15-19,24-25H,7-14H2,1-2H3,(H2,34,36,37)(H,35,38,39)/t24-,25-. The molecule has 1 aliphatic carbocycles. The highest BCUT2D eigenvalue weighted by atomic mass is 35.5. The van der Waals surface area contributed by atoms with E-state index in [1.54, 1.807) is 6.33 Å². The minimum Gasteiger partial charge on any atom is -0.383 e. The van der Waals surface area contributed by atoms with Crippen molar-refractivity contribution in [3.63, 3.8) is 0 Å². The Morgan fingerprint density at radius 2 is 1.67 bits per heavy atom.